The van der Waals surface area contributed by atoms with Crippen molar-refractivity contribution in [3.63, 3.8) is 0 Å². The van der Waals surface area contributed by atoms with Gasteiger partial charge in [-0.15, -0.1) is 0 Å². The highest BCUT2D eigenvalue weighted by atomic mass is 16.5. The number of carbonyl (C=O) groups is 2. The van der Waals surface area contributed by atoms with E-state index in [-0.39, 0.29) is 17.1 Å². The summed E-state index contributed by atoms with van der Waals surface area (Å²) < 4.78 is 11.1. The van der Waals surface area contributed by atoms with Crippen LogP contribution >= 0.6 is 0 Å². The van der Waals surface area contributed by atoms with E-state index in [4.69, 9.17) is 9.47 Å². The van der Waals surface area contributed by atoms with Gasteiger partial charge in [0.15, 0.2) is 11.6 Å². The number of hydrogen-bond donors (Lipinski definition) is 0. The molecule has 0 fully saturated rings. The van der Waals surface area contributed by atoms with E-state index in [1.165, 1.54) is 7.11 Å². The molecule has 0 bridgehead atoms. The van der Waals surface area contributed by atoms with Crippen LogP contribution in [0, 0.1) is 0 Å². The number of aliphatic imine (C=N–C) groups is 1. The first kappa shape index (κ1) is 17.2. The molecular weight excluding hydrogens is 294 g/mol. The number of Topliss-reactive ketones (excluding diaryl/α,β-unsaturated/α-hetero) is 2. The average molecular weight is 317 g/mol. The first-order chi connectivity index (χ1) is 10.8. The van der Waals surface area contributed by atoms with Crippen molar-refractivity contribution in [1.82, 2.24) is 0 Å². The fourth-order valence-corrected chi connectivity index (χ4v) is 2.56. The van der Waals surface area contributed by atoms with Crippen molar-refractivity contribution in [3.05, 3.63) is 28.8 Å². The third-order valence-corrected chi connectivity index (χ3v) is 3.79. The minimum absolute atomic E-state index is 0.0520. The molecule has 1 aromatic rings. The SMILES string of the molecule is CCC(=O)c1ccc(OC)c(C(=O)CC)c1C1=NC(C)(C)CO1. The summed E-state index contributed by atoms with van der Waals surface area (Å²) in [5, 5.41) is 0. The molecule has 0 aromatic heterocycles. The number of hydrogen-bond acceptors (Lipinski definition) is 5. The molecule has 0 amide bonds. The number of benzene rings is 1. The van der Waals surface area contributed by atoms with Crippen LogP contribution in [0.2, 0.25) is 0 Å². The van der Waals surface area contributed by atoms with Gasteiger partial charge in [0, 0.05) is 18.4 Å². The maximum Gasteiger partial charge on any atom is 0.218 e. The molecule has 5 heteroatoms. The summed E-state index contributed by atoms with van der Waals surface area (Å²) in [5.74, 6) is 0.639. The van der Waals surface area contributed by atoms with E-state index in [0.717, 1.165) is 0 Å². The zero-order valence-electron chi connectivity index (χ0n) is 14.4. The van der Waals surface area contributed by atoms with E-state index in [2.05, 4.69) is 4.99 Å². The fraction of sp³-hybridized carbons (Fsp3) is 0.500. The Balaban J connectivity index is 2.77. The van der Waals surface area contributed by atoms with Gasteiger partial charge < -0.3 is 9.47 Å². The first-order valence-electron chi connectivity index (χ1n) is 7.85. The van der Waals surface area contributed by atoms with E-state index >= 15 is 0 Å². The number of carbonyl (C=O) groups excluding carboxylic acids is 2. The molecule has 0 radical (unpaired) electrons. The fourth-order valence-electron chi connectivity index (χ4n) is 2.56. The molecule has 1 aliphatic rings. The minimum atomic E-state index is -0.378. The maximum absolute atomic E-state index is 12.5. The van der Waals surface area contributed by atoms with Crippen molar-refractivity contribution >= 4 is 17.5 Å². The molecule has 1 aliphatic heterocycles. The highest BCUT2D eigenvalue weighted by Gasteiger charge is 2.33. The zero-order chi connectivity index (χ0) is 17.2. The number of methoxy groups -OCH3 is 1. The molecule has 0 N–H and O–H groups in total. The Morgan fingerprint density at radius 2 is 1.87 bits per heavy atom. The first-order valence-corrected chi connectivity index (χ1v) is 7.85. The third kappa shape index (κ3) is 3.28. The second-order valence-corrected chi connectivity index (χ2v) is 6.14. The van der Waals surface area contributed by atoms with Gasteiger partial charge >= 0.3 is 0 Å². The smallest absolute Gasteiger partial charge is 0.218 e. The molecule has 0 atom stereocenters. The van der Waals surface area contributed by atoms with E-state index in [1.807, 2.05) is 13.8 Å². The number of ketones is 2. The predicted octanol–water partition coefficient (Wildman–Crippen LogP) is 3.44. The molecular formula is C18H23NO4. The molecule has 124 valence electrons. The molecule has 0 saturated carbocycles. The van der Waals surface area contributed by atoms with Crippen LogP contribution in [-0.2, 0) is 4.74 Å². The van der Waals surface area contributed by atoms with Crippen molar-refractivity contribution in [2.75, 3.05) is 13.7 Å². The molecule has 0 aliphatic carbocycles. The van der Waals surface area contributed by atoms with Crippen LogP contribution < -0.4 is 4.74 Å². The summed E-state index contributed by atoms with van der Waals surface area (Å²) in [6.07, 6.45) is 0.652. The Hall–Kier alpha value is -2.17. The molecule has 1 heterocycles. The van der Waals surface area contributed by atoms with Gasteiger partial charge in [0.1, 0.15) is 12.4 Å². The lowest BCUT2D eigenvalue weighted by molar-refractivity contribution is 0.0984. The van der Waals surface area contributed by atoms with Crippen molar-refractivity contribution in [3.8, 4) is 5.75 Å². The Morgan fingerprint density at radius 1 is 1.22 bits per heavy atom. The summed E-state index contributed by atoms with van der Waals surface area (Å²) in [7, 11) is 1.51. The normalized spacial score (nSPS) is 15.8. The van der Waals surface area contributed by atoms with Crippen molar-refractivity contribution in [2.24, 2.45) is 4.99 Å². The van der Waals surface area contributed by atoms with Gasteiger partial charge in [-0.1, -0.05) is 13.8 Å². The van der Waals surface area contributed by atoms with Crippen LogP contribution in [-0.4, -0.2) is 36.7 Å². The Kier molecular flexibility index (Phi) is 4.88. The molecule has 5 nitrogen and oxygen atoms in total. The predicted molar refractivity (Wildman–Crippen MR) is 88.8 cm³/mol. The van der Waals surface area contributed by atoms with Gasteiger partial charge in [-0.2, -0.15) is 0 Å². The topological polar surface area (TPSA) is 65.0 Å². The summed E-state index contributed by atoms with van der Waals surface area (Å²) in [6.45, 7) is 7.88. The number of rotatable bonds is 6. The summed E-state index contributed by atoms with van der Waals surface area (Å²) >= 11 is 0. The Bertz CT molecular complexity index is 674. The number of nitrogens with zero attached hydrogens (tertiary/aromatic N) is 1. The largest absolute Gasteiger partial charge is 0.496 e. The molecule has 0 spiro atoms. The molecule has 23 heavy (non-hydrogen) atoms. The quantitative estimate of drug-likeness (QED) is 0.754. The third-order valence-electron chi connectivity index (χ3n) is 3.79. The van der Waals surface area contributed by atoms with Crippen LogP contribution in [0.3, 0.4) is 0 Å². The van der Waals surface area contributed by atoms with Gasteiger partial charge in [-0.3, -0.25) is 9.59 Å². The second kappa shape index (κ2) is 6.52. The Labute approximate surface area is 136 Å². The van der Waals surface area contributed by atoms with Gasteiger partial charge in [-0.05, 0) is 26.0 Å². The van der Waals surface area contributed by atoms with Gasteiger partial charge in [0.25, 0.3) is 0 Å². The van der Waals surface area contributed by atoms with E-state index < -0.39 is 0 Å². The lowest BCUT2D eigenvalue weighted by atomic mass is 9.92. The summed E-state index contributed by atoms with van der Waals surface area (Å²) in [4.78, 5) is 29.4. The van der Waals surface area contributed by atoms with E-state index in [1.54, 1.807) is 26.0 Å². The van der Waals surface area contributed by atoms with Crippen LogP contribution in [0.1, 0.15) is 66.8 Å². The van der Waals surface area contributed by atoms with Gasteiger partial charge in [0.05, 0.1) is 23.8 Å². The molecule has 0 unspecified atom stereocenters. The standard InChI is InChI=1S/C18H23NO4/c1-6-12(20)11-8-9-14(22-5)16(13(21)7-2)15(11)17-19-18(3,4)10-23-17/h8-9H,6-7,10H2,1-5H3. The van der Waals surface area contributed by atoms with Crippen molar-refractivity contribution in [1.29, 1.82) is 0 Å². The van der Waals surface area contributed by atoms with E-state index in [0.29, 0.717) is 47.8 Å². The number of ether oxygens (including phenoxy) is 2. The zero-order valence-corrected chi connectivity index (χ0v) is 14.4. The summed E-state index contributed by atoms with van der Waals surface area (Å²) in [5.41, 5.74) is 0.929. The maximum atomic E-state index is 12.5. The van der Waals surface area contributed by atoms with Crippen molar-refractivity contribution < 1.29 is 19.1 Å². The van der Waals surface area contributed by atoms with Crippen LogP contribution in [0.15, 0.2) is 17.1 Å². The lowest BCUT2D eigenvalue weighted by Gasteiger charge is -2.16. The Morgan fingerprint density at radius 3 is 2.35 bits per heavy atom. The molecule has 0 saturated heterocycles. The van der Waals surface area contributed by atoms with E-state index in [9.17, 15) is 9.59 Å². The second-order valence-electron chi connectivity index (χ2n) is 6.14. The van der Waals surface area contributed by atoms with Crippen molar-refractivity contribution in [2.45, 2.75) is 46.1 Å². The molecule has 2 rings (SSSR count). The highest BCUT2D eigenvalue weighted by molar-refractivity contribution is 6.16. The lowest BCUT2D eigenvalue weighted by Crippen LogP contribution is -2.17. The minimum Gasteiger partial charge on any atom is -0.496 e. The average Bonchev–Trinajstić information content (AvgIpc) is 2.91. The highest BCUT2D eigenvalue weighted by Crippen LogP contribution is 2.32. The monoisotopic (exact) mass is 317 g/mol. The van der Waals surface area contributed by atoms with Crippen LogP contribution in [0.25, 0.3) is 0 Å². The van der Waals surface area contributed by atoms with Gasteiger partial charge in [-0.25, -0.2) is 4.99 Å². The van der Waals surface area contributed by atoms with Crippen LogP contribution in [0.4, 0.5) is 0 Å². The van der Waals surface area contributed by atoms with Crippen LogP contribution in [0.5, 0.6) is 5.75 Å². The molecule has 1 aromatic carbocycles. The summed E-state index contributed by atoms with van der Waals surface area (Å²) in [6, 6.07) is 3.35. The van der Waals surface area contributed by atoms with Gasteiger partial charge in [0.2, 0.25) is 5.90 Å².